The number of ether oxygens (including phenoxy) is 1. The number of fused-ring (bicyclic) bond motifs is 1. The monoisotopic (exact) mass is 435 g/mol. The molecule has 0 aliphatic carbocycles. The van der Waals surface area contributed by atoms with Crippen LogP contribution in [-0.4, -0.2) is 24.8 Å². The van der Waals surface area contributed by atoms with E-state index in [1.54, 1.807) is 11.0 Å². The van der Waals surface area contributed by atoms with Gasteiger partial charge in [-0.25, -0.2) is 0 Å². The smallest absolute Gasteiger partial charge is 0.299 e. The number of hydrogen-bond donors (Lipinski definition) is 0. The first-order valence-electron chi connectivity index (χ1n) is 8.44. The quantitative estimate of drug-likeness (QED) is 0.467. The van der Waals surface area contributed by atoms with Gasteiger partial charge in [0.05, 0.1) is 17.9 Å². The van der Waals surface area contributed by atoms with Crippen molar-refractivity contribution < 1.29 is 14.3 Å². The van der Waals surface area contributed by atoms with Gasteiger partial charge in [0.2, 0.25) is 0 Å². The molecule has 0 spiro atoms. The molecule has 6 heteroatoms. The summed E-state index contributed by atoms with van der Waals surface area (Å²) < 4.78 is 6.50. The summed E-state index contributed by atoms with van der Waals surface area (Å²) in [6.07, 6.45) is 1.52. The van der Waals surface area contributed by atoms with Gasteiger partial charge >= 0.3 is 0 Å². The fourth-order valence-corrected chi connectivity index (χ4v) is 3.91. The molecule has 1 amide bonds. The highest BCUT2D eigenvalue weighted by Gasteiger charge is 2.37. The number of hydrogen-bond acceptors (Lipinski definition) is 3. The minimum absolute atomic E-state index is 0.433. The van der Waals surface area contributed by atoms with E-state index in [2.05, 4.69) is 15.9 Å². The summed E-state index contributed by atoms with van der Waals surface area (Å²) in [5.41, 5.74) is 3.09. The van der Waals surface area contributed by atoms with Crippen molar-refractivity contribution in [2.75, 3.05) is 18.1 Å². The van der Waals surface area contributed by atoms with E-state index in [4.69, 9.17) is 16.3 Å². The maximum Gasteiger partial charge on any atom is 0.299 e. The first kappa shape index (κ1) is 18.9. The summed E-state index contributed by atoms with van der Waals surface area (Å²) in [6.45, 7) is 4.87. The topological polar surface area (TPSA) is 46.6 Å². The van der Waals surface area contributed by atoms with Crippen LogP contribution in [0.3, 0.4) is 0 Å². The Labute approximate surface area is 166 Å². The standard InChI is InChI=1S/C20H19BrClNO3/c1-12-9-15-18(16(21)10-12)23(20(25)19(15)24)7-3-4-8-26-14-5-6-17(22)13(2)11-14/h5-6,9-11H,3-4,7-8H2,1-2H3. The van der Waals surface area contributed by atoms with Gasteiger partial charge in [0.1, 0.15) is 5.75 Å². The average molecular weight is 437 g/mol. The van der Waals surface area contributed by atoms with Crippen molar-refractivity contribution in [3.63, 3.8) is 0 Å². The van der Waals surface area contributed by atoms with Crippen LogP contribution in [0.5, 0.6) is 5.75 Å². The zero-order chi connectivity index (χ0) is 18.8. The lowest BCUT2D eigenvalue weighted by Crippen LogP contribution is -2.31. The molecule has 0 N–H and O–H groups in total. The Balaban J connectivity index is 1.56. The van der Waals surface area contributed by atoms with E-state index in [1.165, 1.54) is 0 Å². The van der Waals surface area contributed by atoms with Crippen LogP contribution in [0.25, 0.3) is 0 Å². The third kappa shape index (κ3) is 3.79. The Morgan fingerprint density at radius 2 is 1.88 bits per heavy atom. The number of nitrogens with zero attached hydrogens (tertiary/aromatic N) is 1. The molecular formula is C20H19BrClNO3. The average Bonchev–Trinajstić information content (AvgIpc) is 2.83. The Morgan fingerprint density at radius 1 is 1.12 bits per heavy atom. The van der Waals surface area contributed by atoms with Gasteiger partial charge in [-0.15, -0.1) is 0 Å². The van der Waals surface area contributed by atoms with E-state index >= 15 is 0 Å². The number of amides is 1. The predicted molar refractivity (Wildman–Crippen MR) is 106 cm³/mol. The molecule has 0 radical (unpaired) electrons. The number of halogens is 2. The van der Waals surface area contributed by atoms with Crippen LogP contribution in [-0.2, 0) is 4.79 Å². The largest absolute Gasteiger partial charge is 0.494 e. The summed E-state index contributed by atoms with van der Waals surface area (Å²) in [6, 6.07) is 9.25. The summed E-state index contributed by atoms with van der Waals surface area (Å²) in [4.78, 5) is 26.1. The predicted octanol–water partition coefficient (Wildman–Crippen LogP) is 5.11. The van der Waals surface area contributed by atoms with Gasteiger partial charge in [-0.1, -0.05) is 11.6 Å². The molecule has 1 aliphatic rings. The van der Waals surface area contributed by atoms with Crippen molar-refractivity contribution in [2.24, 2.45) is 0 Å². The molecule has 1 heterocycles. The van der Waals surface area contributed by atoms with E-state index in [-0.39, 0.29) is 0 Å². The lowest BCUT2D eigenvalue weighted by molar-refractivity contribution is -0.114. The molecule has 0 aromatic heterocycles. The Bertz CT molecular complexity index is 882. The molecule has 0 bridgehead atoms. The number of unbranched alkanes of at least 4 members (excludes halogenated alkanes) is 1. The van der Waals surface area contributed by atoms with Gasteiger partial charge in [0, 0.05) is 16.0 Å². The molecule has 0 saturated heterocycles. The van der Waals surface area contributed by atoms with Crippen molar-refractivity contribution in [3.8, 4) is 5.75 Å². The molecule has 136 valence electrons. The Morgan fingerprint density at radius 3 is 2.62 bits per heavy atom. The number of carbonyl (C=O) groups is 2. The third-order valence-electron chi connectivity index (χ3n) is 4.34. The van der Waals surface area contributed by atoms with Crippen LogP contribution in [0.2, 0.25) is 5.02 Å². The van der Waals surface area contributed by atoms with Crippen LogP contribution >= 0.6 is 27.5 Å². The molecule has 0 fully saturated rings. The highest BCUT2D eigenvalue weighted by Crippen LogP contribution is 2.37. The number of rotatable bonds is 6. The zero-order valence-electron chi connectivity index (χ0n) is 14.6. The first-order chi connectivity index (χ1) is 12.4. The summed E-state index contributed by atoms with van der Waals surface area (Å²) in [7, 11) is 0. The lowest BCUT2D eigenvalue weighted by Gasteiger charge is -2.18. The number of benzene rings is 2. The van der Waals surface area contributed by atoms with Crippen molar-refractivity contribution in [1.29, 1.82) is 0 Å². The number of anilines is 1. The molecule has 26 heavy (non-hydrogen) atoms. The van der Waals surface area contributed by atoms with Crippen LogP contribution in [0, 0.1) is 13.8 Å². The normalized spacial score (nSPS) is 13.3. The number of Topliss-reactive ketones (excluding diaryl/α,β-unsaturated/α-hetero) is 1. The zero-order valence-corrected chi connectivity index (χ0v) is 17.0. The fourth-order valence-electron chi connectivity index (χ4n) is 3.00. The van der Waals surface area contributed by atoms with Crippen LogP contribution in [0.1, 0.15) is 34.3 Å². The van der Waals surface area contributed by atoms with Gasteiger partial charge in [0.25, 0.3) is 11.7 Å². The first-order valence-corrected chi connectivity index (χ1v) is 9.61. The van der Waals surface area contributed by atoms with Crippen molar-refractivity contribution in [1.82, 2.24) is 0 Å². The Hall–Kier alpha value is -1.85. The van der Waals surface area contributed by atoms with E-state index in [9.17, 15) is 9.59 Å². The molecule has 0 atom stereocenters. The maximum atomic E-state index is 12.3. The van der Waals surface area contributed by atoms with Gasteiger partial charge in [0.15, 0.2) is 0 Å². The Kier molecular flexibility index (Phi) is 5.68. The van der Waals surface area contributed by atoms with Crippen LogP contribution in [0.4, 0.5) is 5.69 Å². The SMILES string of the molecule is Cc1cc(Br)c2c(c1)C(=O)C(=O)N2CCCCOc1ccc(Cl)c(C)c1. The second-order valence-electron chi connectivity index (χ2n) is 6.40. The van der Waals surface area contributed by atoms with Crippen molar-refractivity contribution in [3.05, 3.63) is 56.5 Å². The molecule has 0 unspecified atom stereocenters. The van der Waals surface area contributed by atoms with Gasteiger partial charge < -0.3 is 9.64 Å². The second kappa shape index (κ2) is 7.80. The third-order valence-corrected chi connectivity index (χ3v) is 5.36. The van der Waals surface area contributed by atoms with E-state index in [0.717, 1.165) is 34.2 Å². The highest BCUT2D eigenvalue weighted by atomic mass is 79.9. The van der Waals surface area contributed by atoms with Crippen molar-refractivity contribution >= 4 is 44.9 Å². The minimum Gasteiger partial charge on any atom is -0.494 e. The molecule has 0 saturated carbocycles. The number of ketones is 1. The highest BCUT2D eigenvalue weighted by molar-refractivity contribution is 9.10. The number of aryl methyl sites for hydroxylation is 2. The van der Waals surface area contributed by atoms with Gasteiger partial charge in [-0.2, -0.15) is 0 Å². The number of carbonyl (C=O) groups excluding carboxylic acids is 2. The van der Waals surface area contributed by atoms with E-state index in [1.807, 2.05) is 38.1 Å². The summed E-state index contributed by atoms with van der Waals surface area (Å²) in [5.74, 6) is -0.110. The second-order valence-corrected chi connectivity index (χ2v) is 7.66. The summed E-state index contributed by atoms with van der Waals surface area (Å²) >= 11 is 9.48. The van der Waals surface area contributed by atoms with Crippen LogP contribution < -0.4 is 9.64 Å². The van der Waals surface area contributed by atoms with Gasteiger partial charge in [-0.3, -0.25) is 9.59 Å². The maximum absolute atomic E-state index is 12.3. The molecule has 2 aromatic rings. The molecule has 1 aliphatic heterocycles. The van der Waals surface area contributed by atoms with E-state index < -0.39 is 11.7 Å². The molecule has 2 aromatic carbocycles. The molecule has 4 nitrogen and oxygen atoms in total. The van der Waals surface area contributed by atoms with Crippen molar-refractivity contribution in [2.45, 2.75) is 26.7 Å². The molecular weight excluding hydrogens is 418 g/mol. The lowest BCUT2D eigenvalue weighted by atomic mass is 10.1. The van der Waals surface area contributed by atoms with Crippen LogP contribution in [0.15, 0.2) is 34.8 Å². The summed E-state index contributed by atoms with van der Waals surface area (Å²) in [5, 5.41) is 0.717. The molecule has 3 rings (SSSR count). The van der Waals surface area contributed by atoms with Gasteiger partial charge in [-0.05, 0) is 84.1 Å². The fraction of sp³-hybridized carbons (Fsp3) is 0.300. The van der Waals surface area contributed by atoms with E-state index in [0.29, 0.717) is 29.4 Å². The minimum atomic E-state index is -0.458.